The van der Waals surface area contributed by atoms with Gasteiger partial charge in [-0.1, -0.05) is 13.8 Å². The SMILES string of the molecule is CC(C)(CO)C1(CN)CCC(F)(F)CC1. The Morgan fingerprint density at radius 2 is 1.67 bits per heavy atom. The molecule has 1 saturated carbocycles. The van der Waals surface area contributed by atoms with Gasteiger partial charge in [0.05, 0.1) is 0 Å². The second-order valence-electron chi connectivity index (χ2n) is 5.38. The average molecular weight is 221 g/mol. The Morgan fingerprint density at radius 3 is 2.00 bits per heavy atom. The highest BCUT2D eigenvalue weighted by molar-refractivity contribution is 4.98. The third-order valence-electron chi connectivity index (χ3n) is 4.16. The fourth-order valence-corrected chi connectivity index (χ4v) is 2.42. The third-order valence-corrected chi connectivity index (χ3v) is 4.16. The first-order valence-corrected chi connectivity index (χ1v) is 5.47. The summed E-state index contributed by atoms with van der Waals surface area (Å²) in [5, 5.41) is 9.33. The molecule has 0 aromatic carbocycles. The number of halogens is 2. The Kier molecular flexibility index (Phi) is 3.41. The molecule has 15 heavy (non-hydrogen) atoms. The van der Waals surface area contributed by atoms with Gasteiger partial charge in [0.1, 0.15) is 0 Å². The van der Waals surface area contributed by atoms with Gasteiger partial charge in [0.25, 0.3) is 0 Å². The zero-order valence-electron chi connectivity index (χ0n) is 9.52. The predicted octanol–water partition coefficient (Wildman–Crippen LogP) is 2.16. The number of hydrogen-bond donors (Lipinski definition) is 2. The fraction of sp³-hybridized carbons (Fsp3) is 1.00. The number of aliphatic hydroxyl groups is 1. The van der Waals surface area contributed by atoms with Gasteiger partial charge >= 0.3 is 0 Å². The molecule has 2 nitrogen and oxygen atoms in total. The number of alkyl halides is 2. The van der Waals surface area contributed by atoms with Gasteiger partial charge in [0.15, 0.2) is 0 Å². The van der Waals surface area contributed by atoms with Crippen molar-refractivity contribution in [3.63, 3.8) is 0 Å². The van der Waals surface area contributed by atoms with E-state index in [0.29, 0.717) is 19.4 Å². The standard InChI is InChI=1S/C11H21F2NO/c1-9(2,8-15)10(7-14)3-5-11(12,13)6-4-10/h15H,3-8,14H2,1-2H3. The summed E-state index contributed by atoms with van der Waals surface area (Å²) in [6.07, 6.45) is 0.607. The van der Waals surface area contributed by atoms with Crippen LogP contribution in [0.15, 0.2) is 0 Å². The third kappa shape index (κ3) is 2.31. The van der Waals surface area contributed by atoms with Gasteiger partial charge in [-0.2, -0.15) is 0 Å². The van der Waals surface area contributed by atoms with Crippen LogP contribution in [0, 0.1) is 10.8 Å². The largest absolute Gasteiger partial charge is 0.396 e. The normalized spacial score (nSPS) is 25.2. The molecule has 3 N–H and O–H groups in total. The van der Waals surface area contributed by atoms with Crippen LogP contribution in [-0.4, -0.2) is 24.2 Å². The monoisotopic (exact) mass is 221 g/mol. The second-order valence-corrected chi connectivity index (χ2v) is 5.38. The molecule has 0 aromatic rings. The molecular weight excluding hydrogens is 200 g/mol. The van der Waals surface area contributed by atoms with Gasteiger partial charge in [-0.15, -0.1) is 0 Å². The summed E-state index contributed by atoms with van der Waals surface area (Å²) >= 11 is 0. The van der Waals surface area contributed by atoms with Crippen LogP contribution in [0.4, 0.5) is 8.78 Å². The molecule has 0 spiro atoms. The lowest BCUT2D eigenvalue weighted by Gasteiger charge is -2.49. The van der Waals surface area contributed by atoms with Crippen molar-refractivity contribution in [2.45, 2.75) is 45.5 Å². The summed E-state index contributed by atoms with van der Waals surface area (Å²) in [7, 11) is 0. The van der Waals surface area contributed by atoms with Gasteiger partial charge in [0, 0.05) is 19.4 Å². The minimum absolute atomic E-state index is 0.00420. The average Bonchev–Trinajstić information content (AvgIpc) is 2.18. The van der Waals surface area contributed by atoms with Crippen LogP contribution < -0.4 is 5.73 Å². The lowest BCUT2D eigenvalue weighted by atomic mass is 9.58. The molecule has 1 aliphatic carbocycles. The molecular formula is C11H21F2NO. The van der Waals surface area contributed by atoms with Crippen LogP contribution in [-0.2, 0) is 0 Å². The lowest BCUT2D eigenvalue weighted by Crippen LogP contribution is -2.49. The Bertz CT molecular complexity index is 219. The molecule has 0 atom stereocenters. The van der Waals surface area contributed by atoms with Gasteiger partial charge < -0.3 is 10.8 Å². The molecule has 90 valence electrons. The Morgan fingerprint density at radius 1 is 1.20 bits per heavy atom. The lowest BCUT2D eigenvalue weighted by molar-refractivity contribution is -0.105. The highest BCUT2D eigenvalue weighted by Crippen LogP contribution is 2.52. The molecule has 0 amide bonds. The Hall–Kier alpha value is -0.220. The van der Waals surface area contributed by atoms with Gasteiger partial charge in [0.2, 0.25) is 5.92 Å². The van der Waals surface area contributed by atoms with E-state index in [2.05, 4.69) is 0 Å². The summed E-state index contributed by atoms with van der Waals surface area (Å²) < 4.78 is 26.1. The van der Waals surface area contributed by atoms with Crippen molar-refractivity contribution >= 4 is 0 Å². The van der Waals surface area contributed by atoms with E-state index >= 15 is 0 Å². The molecule has 0 radical (unpaired) electrons. The molecule has 1 aliphatic rings. The molecule has 0 bridgehead atoms. The quantitative estimate of drug-likeness (QED) is 0.767. The van der Waals surface area contributed by atoms with Crippen molar-refractivity contribution < 1.29 is 13.9 Å². The van der Waals surface area contributed by atoms with Crippen molar-refractivity contribution in [3.05, 3.63) is 0 Å². The molecule has 0 unspecified atom stereocenters. The molecule has 0 aliphatic heterocycles. The number of nitrogens with two attached hydrogens (primary N) is 1. The molecule has 0 heterocycles. The highest BCUT2D eigenvalue weighted by Gasteiger charge is 2.50. The van der Waals surface area contributed by atoms with Crippen LogP contribution in [0.2, 0.25) is 0 Å². The maximum atomic E-state index is 13.1. The van der Waals surface area contributed by atoms with E-state index in [-0.39, 0.29) is 30.3 Å². The van der Waals surface area contributed by atoms with Crippen LogP contribution in [0.3, 0.4) is 0 Å². The summed E-state index contributed by atoms with van der Waals surface area (Å²) in [5.74, 6) is -2.54. The molecule has 0 saturated heterocycles. The van der Waals surface area contributed by atoms with Gasteiger partial charge in [-0.3, -0.25) is 0 Å². The van der Waals surface area contributed by atoms with Gasteiger partial charge in [-0.25, -0.2) is 8.78 Å². The van der Waals surface area contributed by atoms with E-state index in [4.69, 9.17) is 5.73 Å². The van der Waals surface area contributed by atoms with Crippen molar-refractivity contribution in [1.82, 2.24) is 0 Å². The second kappa shape index (κ2) is 3.98. The van der Waals surface area contributed by atoms with E-state index in [1.807, 2.05) is 13.8 Å². The molecule has 4 heteroatoms. The summed E-state index contributed by atoms with van der Waals surface area (Å²) in [5.41, 5.74) is 5.03. The van der Waals surface area contributed by atoms with Crippen LogP contribution in [0.25, 0.3) is 0 Å². The molecule has 1 fully saturated rings. The highest BCUT2D eigenvalue weighted by atomic mass is 19.3. The first kappa shape index (κ1) is 12.8. The van der Waals surface area contributed by atoms with E-state index < -0.39 is 5.92 Å². The number of hydrogen-bond acceptors (Lipinski definition) is 2. The maximum absolute atomic E-state index is 13.1. The van der Waals surface area contributed by atoms with E-state index in [1.165, 1.54) is 0 Å². The summed E-state index contributed by atoms with van der Waals surface area (Å²) in [4.78, 5) is 0. The van der Waals surface area contributed by atoms with Crippen LogP contribution >= 0.6 is 0 Å². The van der Waals surface area contributed by atoms with Crippen LogP contribution in [0.5, 0.6) is 0 Å². The number of aliphatic hydroxyl groups excluding tert-OH is 1. The van der Waals surface area contributed by atoms with Gasteiger partial charge in [-0.05, 0) is 30.2 Å². The zero-order chi connectivity index (χ0) is 11.7. The van der Waals surface area contributed by atoms with Crippen molar-refractivity contribution in [3.8, 4) is 0 Å². The Labute approximate surface area is 89.8 Å². The first-order chi connectivity index (χ1) is 6.79. The minimum Gasteiger partial charge on any atom is -0.396 e. The smallest absolute Gasteiger partial charge is 0.248 e. The minimum atomic E-state index is -2.54. The number of rotatable bonds is 3. The topological polar surface area (TPSA) is 46.2 Å². The van der Waals surface area contributed by atoms with Crippen molar-refractivity contribution in [1.29, 1.82) is 0 Å². The zero-order valence-corrected chi connectivity index (χ0v) is 9.52. The van der Waals surface area contributed by atoms with Crippen molar-refractivity contribution in [2.75, 3.05) is 13.2 Å². The van der Waals surface area contributed by atoms with E-state index in [0.717, 1.165) is 0 Å². The maximum Gasteiger partial charge on any atom is 0.248 e. The predicted molar refractivity (Wildman–Crippen MR) is 55.8 cm³/mol. The fourth-order valence-electron chi connectivity index (χ4n) is 2.42. The van der Waals surface area contributed by atoms with E-state index in [9.17, 15) is 13.9 Å². The van der Waals surface area contributed by atoms with Crippen molar-refractivity contribution in [2.24, 2.45) is 16.6 Å². The molecule has 0 aromatic heterocycles. The Balaban J connectivity index is 2.81. The molecule has 1 rings (SSSR count). The first-order valence-electron chi connectivity index (χ1n) is 5.47. The van der Waals surface area contributed by atoms with E-state index in [1.54, 1.807) is 0 Å². The summed E-state index contributed by atoms with van der Waals surface area (Å²) in [6, 6.07) is 0. The van der Waals surface area contributed by atoms with Crippen LogP contribution in [0.1, 0.15) is 39.5 Å². The summed E-state index contributed by atoms with van der Waals surface area (Å²) in [6.45, 7) is 4.18.